The summed E-state index contributed by atoms with van der Waals surface area (Å²) in [4.78, 5) is 12.3. The Morgan fingerprint density at radius 3 is 2.64 bits per heavy atom. The number of alkyl halides is 3. The molecule has 22 heavy (non-hydrogen) atoms. The minimum Gasteiger partial charge on any atom is -0.494 e. The fourth-order valence-corrected chi connectivity index (χ4v) is 2.94. The fraction of sp³-hybridized carbons (Fsp3) is 0.267. The maximum absolute atomic E-state index is 12.8. The van der Waals surface area contributed by atoms with Gasteiger partial charge in [-0.25, -0.2) is 4.79 Å². The van der Waals surface area contributed by atoms with Crippen molar-refractivity contribution in [3.8, 4) is 16.2 Å². The Morgan fingerprint density at radius 2 is 2.05 bits per heavy atom. The number of esters is 1. The highest BCUT2D eigenvalue weighted by atomic mass is 32.1. The molecular formula is C15H13F3O3S. The topological polar surface area (TPSA) is 35.5 Å². The van der Waals surface area contributed by atoms with Crippen LogP contribution in [0.2, 0.25) is 0 Å². The van der Waals surface area contributed by atoms with Crippen molar-refractivity contribution in [1.29, 1.82) is 0 Å². The molecule has 7 heteroatoms. The van der Waals surface area contributed by atoms with Gasteiger partial charge in [-0.3, -0.25) is 0 Å². The van der Waals surface area contributed by atoms with Crippen LogP contribution in [0.5, 0.6) is 5.75 Å². The van der Waals surface area contributed by atoms with E-state index >= 15 is 0 Å². The average molecular weight is 330 g/mol. The van der Waals surface area contributed by atoms with E-state index < -0.39 is 17.7 Å². The quantitative estimate of drug-likeness (QED) is 0.768. The van der Waals surface area contributed by atoms with E-state index in [9.17, 15) is 18.0 Å². The second-order valence-electron chi connectivity index (χ2n) is 4.31. The minimum absolute atomic E-state index is 0.205. The normalized spacial score (nSPS) is 11.3. The molecule has 2 rings (SSSR count). The van der Waals surface area contributed by atoms with Crippen LogP contribution in [-0.4, -0.2) is 19.7 Å². The second kappa shape index (κ2) is 6.39. The number of hydrogen-bond acceptors (Lipinski definition) is 4. The van der Waals surface area contributed by atoms with Gasteiger partial charge in [0.1, 0.15) is 5.56 Å². The Bertz CT molecular complexity index is 677. The van der Waals surface area contributed by atoms with Gasteiger partial charge in [-0.05, 0) is 24.6 Å². The summed E-state index contributed by atoms with van der Waals surface area (Å²) in [7, 11) is 1.36. The van der Waals surface area contributed by atoms with Crippen LogP contribution in [0, 0.1) is 0 Å². The van der Waals surface area contributed by atoms with E-state index in [1.165, 1.54) is 18.6 Å². The van der Waals surface area contributed by atoms with Crippen LogP contribution in [-0.2, 0) is 10.9 Å². The van der Waals surface area contributed by atoms with E-state index in [-0.39, 0.29) is 17.9 Å². The van der Waals surface area contributed by atoms with Crippen molar-refractivity contribution >= 4 is 17.3 Å². The van der Waals surface area contributed by atoms with Crippen LogP contribution in [0.25, 0.3) is 10.4 Å². The standard InChI is InChI=1S/C15H13F3O3S/c1-3-21-14(19)11-8-22-13(12(11)20-2)9-5-4-6-10(7-9)15(16,17)18/h4-8H,3H2,1-2H3. The molecule has 0 fully saturated rings. The number of halogens is 3. The molecule has 0 spiro atoms. The molecule has 0 amide bonds. The molecule has 0 aliphatic rings. The van der Waals surface area contributed by atoms with Crippen LogP contribution < -0.4 is 4.74 Å². The summed E-state index contributed by atoms with van der Waals surface area (Å²) in [6.07, 6.45) is -4.43. The van der Waals surface area contributed by atoms with Crippen molar-refractivity contribution in [2.45, 2.75) is 13.1 Å². The van der Waals surface area contributed by atoms with Gasteiger partial charge in [-0.1, -0.05) is 12.1 Å². The summed E-state index contributed by atoms with van der Waals surface area (Å²) in [5.41, 5.74) is -0.202. The monoisotopic (exact) mass is 330 g/mol. The van der Waals surface area contributed by atoms with Gasteiger partial charge in [0.05, 0.1) is 24.2 Å². The minimum atomic E-state index is -4.43. The van der Waals surface area contributed by atoms with Crippen molar-refractivity contribution in [2.75, 3.05) is 13.7 Å². The first kappa shape index (κ1) is 16.4. The highest BCUT2D eigenvalue weighted by Crippen LogP contribution is 2.41. The molecule has 0 N–H and O–H groups in total. The summed E-state index contributed by atoms with van der Waals surface area (Å²) >= 11 is 1.13. The molecule has 1 heterocycles. The largest absolute Gasteiger partial charge is 0.494 e. The molecule has 1 aromatic heterocycles. The van der Waals surface area contributed by atoms with E-state index in [0.29, 0.717) is 10.4 Å². The maximum atomic E-state index is 12.8. The van der Waals surface area contributed by atoms with Gasteiger partial charge < -0.3 is 9.47 Å². The van der Waals surface area contributed by atoms with Crippen LogP contribution in [0.3, 0.4) is 0 Å². The van der Waals surface area contributed by atoms with Crippen molar-refractivity contribution in [1.82, 2.24) is 0 Å². The fourth-order valence-electron chi connectivity index (χ4n) is 1.94. The Kier molecular flexibility index (Phi) is 4.75. The zero-order chi connectivity index (χ0) is 16.3. The number of methoxy groups -OCH3 is 1. The molecule has 0 bridgehead atoms. The molecule has 0 unspecified atom stereocenters. The van der Waals surface area contributed by atoms with Gasteiger partial charge in [0.15, 0.2) is 5.75 Å². The summed E-state index contributed by atoms with van der Waals surface area (Å²) in [5, 5.41) is 1.52. The third-order valence-electron chi connectivity index (χ3n) is 2.90. The van der Waals surface area contributed by atoms with Gasteiger partial charge >= 0.3 is 12.1 Å². The zero-order valence-corrected chi connectivity index (χ0v) is 12.7. The third-order valence-corrected chi connectivity index (χ3v) is 3.91. The first-order valence-corrected chi connectivity index (χ1v) is 7.26. The number of ether oxygens (including phenoxy) is 2. The van der Waals surface area contributed by atoms with Crippen molar-refractivity contribution in [2.24, 2.45) is 0 Å². The SMILES string of the molecule is CCOC(=O)c1csc(-c2cccc(C(F)(F)F)c2)c1OC. The maximum Gasteiger partial charge on any atom is 0.416 e. The predicted molar refractivity (Wildman–Crippen MR) is 77.3 cm³/mol. The molecule has 0 aliphatic heterocycles. The lowest BCUT2D eigenvalue weighted by Gasteiger charge is -2.09. The van der Waals surface area contributed by atoms with E-state index in [4.69, 9.17) is 9.47 Å². The molecule has 0 radical (unpaired) electrons. The molecule has 0 aliphatic carbocycles. The van der Waals surface area contributed by atoms with E-state index in [1.807, 2.05) is 0 Å². The molecule has 0 atom stereocenters. The lowest BCUT2D eigenvalue weighted by molar-refractivity contribution is -0.137. The molecule has 2 aromatic rings. The Morgan fingerprint density at radius 1 is 1.32 bits per heavy atom. The van der Waals surface area contributed by atoms with Gasteiger partial charge in [-0.2, -0.15) is 13.2 Å². The summed E-state index contributed by atoms with van der Waals surface area (Å²) in [5.74, 6) is -0.336. The molecule has 0 saturated heterocycles. The summed E-state index contributed by atoms with van der Waals surface area (Å²) < 4.78 is 48.5. The molecule has 1 aromatic carbocycles. The lowest BCUT2D eigenvalue weighted by atomic mass is 10.1. The molecule has 118 valence electrons. The molecule has 3 nitrogen and oxygen atoms in total. The van der Waals surface area contributed by atoms with E-state index in [2.05, 4.69) is 0 Å². The van der Waals surface area contributed by atoms with E-state index in [0.717, 1.165) is 23.5 Å². The van der Waals surface area contributed by atoms with Crippen LogP contribution in [0.15, 0.2) is 29.6 Å². The summed E-state index contributed by atoms with van der Waals surface area (Å²) in [6, 6.07) is 4.89. The van der Waals surface area contributed by atoms with Crippen LogP contribution >= 0.6 is 11.3 Å². The number of rotatable bonds is 4. The van der Waals surface area contributed by atoms with Gasteiger partial charge in [0.2, 0.25) is 0 Å². The zero-order valence-electron chi connectivity index (χ0n) is 11.9. The van der Waals surface area contributed by atoms with Gasteiger partial charge in [0.25, 0.3) is 0 Å². The number of hydrogen-bond donors (Lipinski definition) is 0. The van der Waals surface area contributed by atoms with Crippen molar-refractivity contribution in [3.63, 3.8) is 0 Å². The van der Waals surface area contributed by atoms with Crippen molar-refractivity contribution in [3.05, 3.63) is 40.8 Å². The first-order valence-electron chi connectivity index (χ1n) is 6.38. The Labute approximate surface area is 129 Å². The number of benzene rings is 1. The molecular weight excluding hydrogens is 317 g/mol. The second-order valence-corrected chi connectivity index (χ2v) is 5.19. The van der Waals surface area contributed by atoms with Crippen LogP contribution in [0.1, 0.15) is 22.8 Å². The number of carbonyl (C=O) groups is 1. The highest BCUT2D eigenvalue weighted by molar-refractivity contribution is 7.14. The molecule has 0 saturated carbocycles. The van der Waals surface area contributed by atoms with Gasteiger partial charge in [-0.15, -0.1) is 11.3 Å². The summed E-state index contributed by atoms with van der Waals surface area (Å²) in [6.45, 7) is 1.88. The van der Waals surface area contributed by atoms with Gasteiger partial charge in [0, 0.05) is 5.38 Å². The number of thiophene rings is 1. The lowest BCUT2D eigenvalue weighted by Crippen LogP contribution is -2.05. The van der Waals surface area contributed by atoms with Crippen molar-refractivity contribution < 1.29 is 27.4 Å². The number of carbonyl (C=O) groups excluding carboxylic acids is 1. The highest BCUT2D eigenvalue weighted by Gasteiger charge is 2.31. The third kappa shape index (κ3) is 3.24. The Balaban J connectivity index is 2.48. The smallest absolute Gasteiger partial charge is 0.416 e. The average Bonchev–Trinajstić information content (AvgIpc) is 2.90. The predicted octanol–water partition coefficient (Wildman–Crippen LogP) is 4.62. The first-order chi connectivity index (χ1) is 10.4. The van der Waals surface area contributed by atoms with Crippen LogP contribution in [0.4, 0.5) is 13.2 Å². The Hall–Kier alpha value is -2.02. The van der Waals surface area contributed by atoms with E-state index in [1.54, 1.807) is 13.0 Å².